The number of halogens is 4. The maximum Gasteiger partial charge on any atom is 0.396 e. The molecule has 90 valence electrons. The fourth-order valence-corrected chi connectivity index (χ4v) is 1.87. The zero-order valence-electron chi connectivity index (χ0n) is 8.49. The van der Waals surface area contributed by atoms with E-state index in [9.17, 15) is 13.2 Å². The molecule has 1 aromatic rings. The van der Waals surface area contributed by atoms with Crippen molar-refractivity contribution in [3.8, 4) is 0 Å². The fourth-order valence-electron chi connectivity index (χ4n) is 1.25. The minimum atomic E-state index is -4.28. The predicted molar refractivity (Wildman–Crippen MR) is 60.9 cm³/mol. The first-order valence-electron chi connectivity index (χ1n) is 4.68. The van der Waals surface area contributed by atoms with Crippen molar-refractivity contribution in [1.29, 1.82) is 0 Å². The van der Waals surface area contributed by atoms with Gasteiger partial charge in [-0.2, -0.15) is 13.2 Å². The molecule has 1 N–H and O–H groups in total. The molecule has 1 aromatic heterocycles. The molecule has 16 heavy (non-hydrogen) atoms. The molecule has 0 aliphatic carbocycles. The van der Waals surface area contributed by atoms with E-state index in [1.165, 1.54) is 0 Å². The number of aryl methyl sites for hydroxylation is 1. The van der Waals surface area contributed by atoms with Crippen LogP contribution in [0.15, 0.2) is 4.47 Å². The molecule has 0 saturated carbocycles. The summed E-state index contributed by atoms with van der Waals surface area (Å²) in [6.45, 7) is 1.94. The van der Waals surface area contributed by atoms with Gasteiger partial charge in [0.25, 0.3) is 0 Å². The van der Waals surface area contributed by atoms with Gasteiger partial charge in [0.15, 0.2) is 0 Å². The lowest BCUT2D eigenvalue weighted by atomic mass is 10.2. The summed E-state index contributed by atoms with van der Waals surface area (Å²) in [7, 11) is 0. The van der Waals surface area contributed by atoms with Gasteiger partial charge in [0.2, 0.25) is 0 Å². The maximum atomic E-state index is 12.2. The third kappa shape index (κ3) is 3.86. The second kappa shape index (κ2) is 5.27. The van der Waals surface area contributed by atoms with Crippen molar-refractivity contribution in [2.45, 2.75) is 32.4 Å². The molecular weight excluding hydrogens is 305 g/mol. The van der Waals surface area contributed by atoms with Crippen molar-refractivity contribution in [3.05, 3.63) is 20.6 Å². The lowest BCUT2D eigenvalue weighted by Gasteiger charge is -2.09. The van der Waals surface area contributed by atoms with Crippen molar-refractivity contribution < 1.29 is 13.2 Å². The van der Waals surface area contributed by atoms with Crippen LogP contribution in [0.5, 0.6) is 0 Å². The van der Waals surface area contributed by atoms with E-state index >= 15 is 0 Å². The summed E-state index contributed by atoms with van der Waals surface area (Å²) in [6.07, 6.45) is -3.90. The zero-order chi connectivity index (χ0) is 12.3. The number of nitrogens with one attached hydrogen (secondary N) is 1. The lowest BCUT2D eigenvalue weighted by Crippen LogP contribution is -2.15. The lowest BCUT2D eigenvalue weighted by molar-refractivity contribution is -0.128. The number of hydrogen-bond donors (Lipinski definition) is 1. The highest BCUT2D eigenvalue weighted by atomic mass is 79.9. The Morgan fingerprint density at radius 1 is 1.44 bits per heavy atom. The van der Waals surface area contributed by atoms with Crippen LogP contribution in [-0.4, -0.2) is 16.1 Å². The summed E-state index contributed by atoms with van der Waals surface area (Å²) in [5.41, 5.74) is 0.668. The van der Waals surface area contributed by atoms with E-state index in [0.717, 1.165) is 6.42 Å². The van der Waals surface area contributed by atoms with Gasteiger partial charge < -0.3 is 4.98 Å². The van der Waals surface area contributed by atoms with E-state index in [0.29, 0.717) is 16.6 Å². The Labute approximate surface area is 104 Å². The van der Waals surface area contributed by atoms with E-state index in [2.05, 4.69) is 25.9 Å². The van der Waals surface area contributed by atoms with E-state index in [4.69, 9.17) is 12.2 Å². The molecule has 0 spiro atoms. The molecule has 0 unspecified atom stereocenters. The molecule has 0 aliphatic rings. The molecule has 0 bridgehead atoms. The Morgan fingerprint density at radius 2 is 2.06 bits per heavy atom. The van der Waals surface area contributed by atoms with Gasteiger partial charge in [0.1, 0.15) is 16.9 Å². The first-order valence-corrected chi connectivity index (χ1v) is 5.88. The predicted octanol–water partition coefficient (Wildman–Crippen LogP) is 3.96. The number of rotatable bonds is 3. The van der Waals surface area contributed by atoms with Crippen LogP contribution in [-0.2, 0) is 12.8 Å². The van der Waals surface area contributed by atoms with Crippen molar-refractivity contribution in [2.75, 3.05) is 0 Å². The van der Waals surface area contributed by atoms with Crippen molar-refractivity contribution in [2.24, 2.45) is 0 Å². The molecule has 0 saturated heterocycles. The van der Waals surface area contributed by atoms with Crippen LogP contribution in [0.1, 0.15) is 24.9 Å². The second-order valence-corrected chi connectivity index (χ2v) is 4.50. The minimum Gasteiger partial charge on any atom is -0.346 e. The normalized spacial score (nSPS) is 11.8. The number of nitrogens with zero attached hydrogens (tertiary/aromatic N) is 1. The van der Waals surface area contributed by atoms with Crippen LogP contribution < -0.4 is 0 Å². The summed E-state index contributed by atoms with van der Waals surface area (Å²) in [6, 6.07) is 0. The molecule has 0 amide bonds. The third-order valence-corrected chi connectivity index (χ3v) is 3.26. The standard InChI is InChI=1S/C9H10BrF3N2S/c1-2-3-5-7(10)8(16)15-6(14-5)4-9(11,12)13/h2-4H2,1H3,(H,14,15,16). The molecule has 1 rings (SSSR count). The molecular formula is C9H10BrF3N2S. The van der Waals surface area contributed by atoms with Crippen LogP contribution in [0.2, 0.25) is 0 Å². The average molecular weight is 315 g/mol. The van der Waals surface area contributed by atoms with Gasteiger partial charge in [0.05, 0.1) is 4.47 Å². The van der Waals surface area contributed by atoms with Crippen molar-refractivity contribution in [1.82, 2.24) is 9.97 Å². The number of aromatic amines is 1. The summed E-state index contributed by atoms with van der Waals surface area (Å²) >= 11 is 8.10. The van der Waals surface area contributed by atoms with Gasteiger partial charge in [-0.05, 0) is 22.4 Å². The van der Waals surface area contributed by atoms with Crippen LogP contribution in [0.25, 0.3) is 0 Å². The second-order valence-electron chi connectivity index (χ2n) is 3.32. The Hall–Kier alpha value is -0.430. The summed E-state index contributed by atoms with van der Waals surface area (Å²) in [5.74, 6) is -0.135. The first kappa shape index (κ1) is 13.6. The van der Waals surface area contributed by atoms with E-state index in [-0.39, 0.29) is 10.5 Å². The Balaban J connectivity index is 3.09. The quantitative estimate of drug-likeness (QED) is 0.855. The Bertz CT molecular complexity index is 428. The molecule has 0 aliphatic heterocycles. The highest BCUT2D eigenvalue weighted by Gasteiger charge is 2.29. The molecule has 1 heterocycles. The van der Waals surface area contributed by atoms with E-state index in [1.807, 2.05) is 6.92 Å². The van der Waals surface area contributed by atoms with Crippen LogP contribution >= 0.6 is 28.1 Å². The highest BCUT2D eigenvalue weighted by molar-refractivity contribution is 9.10. The summed E-state index contributed by atoms with van der Waals surface area (Å²) in [5, 5.41) is 0. The van der Waals surface area contributed by atoms with Crippen LogP contribution in [0.3, 0.4) is 0 Å². The largest absolute Gasteiger partial charge is 0.396 e. The monoisotopic (exact) mass is 314 g/mol. The number of H-pyrrole nitrogens is 1. The Kier molecular flexibility index (Phi) is 4.49. The van der Waals surface area contributed by atoms with Gasteiger partial charge in [-0.15, -0.1) is 0 Å². The smallest absolute Gasteiger partial charge is 0.346 e. The molecule has 0 atom stereocenters. The van der Waals surface area contributed by atoms with Gasteiger partial charge in [-0.25, -0.2) is 4.98 Å². The number of aromatic nitrogens is 2. The van der Waals surface area contributed by atoms with E-state index in [1.54, 1.807) is 0 Å². The number of hydrogen-bond acceptors (Lipinski definition) is 2. The molecule has 0 aromatic carbocycles. The minimum absolute atomic E-state index is 0.135. The maximum absolute atomic E-state index is 12.2. The fraction of sp³-hybridized carbons (Fsp3) is 0.556. The van der Waals surface area contributed by atoms with Crippen LogP contribution in [0, 0.1) is 4.64 Å². The Morgan fingerprint density at radius 3 is 2.56 bits per heavy atom. The van der Waals surface area contributed by atoms with Crippen molar-refractivity contribution in [3.63, 3.8) is 0 Å². The van der Waals surface area contributed by atoms with Gasteiger partial charge in [-0.1, -0.05) is 25.6 Å². The van der Waals surface area contributed by atoms with E-state index < -0.39 is 12.6 Å². The third-order valence-electron chi connectivity index (χ3n) is 1.85. The van der Waals surface area contributed by atoms with Gasteiger partial charge >= 0.3 is 6.18 Å². The van der Waals surface area contributed by atoms with Crippen LogP contribution in [0.4, 0.5) is 13.2 Å². The average Bonchev–Trinajstić information content (AvgIpc) is 2.11. The van der Waals surface area contributed by atoms with Gasteiger partial charge in [-0.3, -0.25) is 0 Å². The van der Waals surface area contributed by atoms with Gasteiger partial charge in [0, 0.05) is 5.69 Å². The highest BCUT2D eigenvalue weighted by Crippen LogP contribution is 2.22. The summed E-state index contributed by atoms with van der Waals surface area (Å²) < 4.78 is 37.3. The molecule has 7 heteroatoms. The topological polar surface area (TPSA) is 28.7 Å². The SMILES string of the molecule is CCCc1[nH]c(CC(F)(F)F)nc(=S)c1Br. The number of alkyl halides is 3. The van der Waals surface area contributed by atoms with Crippen molar-refractivity contribution >= 4 is 28.1 Å². The zero-order valence-corrected chi connectivity index (χ0v) is 10.9. The molecule has 0 radical (unpaired) electrons. The summed E-state index contributed by atoms with van der Waals surface area (Å²) in [4.78, 5) is 6.36. The first-order chi connectivity index (χ1) is 7.33. The molecule has 2 nitrogen and oxygen atoms in total. The molecule has 0 fully saturated rings.